The van der Waals surface area contributed by atoms with E-state index in [9.17, 15) is 18.0 Å². The molecule has 1 aliphatic rings. The van der Waals surface area contributed by atoms with Crippen molar-refractivity contribution < 1.29 is 22.4 Å². The molecule has 4 rings (SSSR count). The minimum atomic E-state index is -4.41. The number of rotatable bonds is 4. The number of halogens is 3. The zero-order chi connectivity index (χ0) is 21.4. The molecule has 0 bridgehead atoms. The number of hydrogen-bond acceptors (Lipinski definition) is 7. The van der Waals surface area contributed by atoms with E-state index in [1.54, 1.807) is 19.1 Å². The molecule has 0 saturated carbocycles. The highest BCUT2D eigenvalue weighted by atomic mass is 19.4. The van der Waals surface area contributed by atoms with Crippen molar-refractivity contribution in [1.29, 1.82) is 0 Å². The predicted octanol–water partition coefficient (Wildman–Crippen LogP) is 2.83. The van der Waals surface area contributed by atoms with Crippen molar-refractivity contribution in [3.05, 3.63) is 54.0 Å². The van der Waals surface area contributed by atoms with Gasteiger partial charge in [0.15, 0.2) is 5.54 Å². The van der Waals surface area contributed by atoms with Crippen molar-refractivity contribution in [1.82, 2.24) is 25.8 Å². The van der Waals surface area contributed by atoms with Gasteiger partial charge in [-0.1, -0.05) is 0 Å². The van der Waals surface area contributed by atoms with Crippen LogP contribution in [0.25, 0.3) is 11.5 Å². The maximum absolute atomic E-state index is 12.8. The summed E-state index contributed by atoms with van der Waals surface area (Å²) in [5.74, 6) is 0.254. The molecule has 0 aliphatic carbocycles. The van der Waals surface area contributed by atoms with E-state index in [1.807, 2.05) is 0 Å². The minimum Gasteiger partial charge on any atom is -0.418 e. The third-order valence-electron chi connectivity index (χ3n) is 4.71. The molecule has 8 nitrogen and oxygen atoms in total. The summed E-state index contributed by atoms with van der Waals surface area (Å²) in [6.07, 6.45) is -2.89. The summed E-state index contributed by atoms with van der Waals surface area (Å²) in [7, 11) is 0. The number of nitrogens with zero attached hydrogens (tertiary/aromatic N) is 3. The van der Waals surface area contributed by atoms with Crippen LogP contribution >= 0.6 is 0 Å². The van der Waals surface area contributed by atoms with Gasteiger partial charge in [-0.25, -0.2) is 4.98 Å². The first-order valence-corrected chi connectivity index (χ1v) is 9.04. The third-order valence-corrected chi connectivity index (χ3v) is 4.71. The second-order valence-electron chi connectivity index (χ2n) is 6.82. The zero-order valence-electron chi connectivity index (χ0n) is 15.7. The fourth-order valence-electron chi connectivity index (χ4n) is 3.01. The van der Waals surface area contributed by atoms with E-state index in [4.69, 9.17) is 4.42 Å². The monoisotopic (exact) mass is 418 g/mol. The Kier molecular flexibility index (Phi) is 4.90. The van der Waals surface area contributed by atoms with E-state index >= 15 is 0 Å². The van der Waals surface area contributed by atoms with Crippen LogP contribution in [0.1, 0.15) is 18.4 Å². The standard InChI is InChI=1S/C19H17F3N6O2/c1-18(16(29)24-9-10-25-18)17-28-27-15(30-17)13-3-2-8-23-14(13)26-12-6-4-11(5-7-12)19(20,21)22/h2-8,25H,9-10H2,1H3,(H,23,26)(H,24,29). The van der Waals surface area contributed by atoms with Gasteiger partial charge in [0.25, 0.3) is 5.89 Å². The number of hydrogen-bond donors (Lipinski definition) is 3. The highest BCUT2D eigenvalue weighted by Gasteiger charge is 2.42. The van der Waals surface area contributed by atoms with Crippen LogP contribution in [0.5, 0.6) is 0 Å². The average Bonchev–Trinajstić information content (AvgIpc) is 3.21. The highest BCUT2D eigenvalue weighted by molar-refractivity contribution is 5.87. The van der Waals surface area contributed by atoms with Crippen LogP contribution in [0.2, 0.25) is 0 Å². The number of nitrogens with one attached hydrogen (secondary N) is 3. The van der Waals surface area contributed by atoms with Crippen molar-refractivity contribution in [2.24, 2.45) is 0 Å². The van der Waals surface area contributed by atoms with Gasteiger partial charge in [-0.3, -0.25) is 10.1 Å². The minimum absolute atomic E-state index is 0.0963. The summed E-state index contributed by atoms with van der Waals surface area (Å²) >= 11 is 0. The quantitative estimate of drug-likeness (QED) is 0.598. The Morgan fingerprint density at radius 2 is 1.90 bits per heavy atom. The van der Waals surface area contributed by atoms with Crippen LogP contribution in [-0.2, 0) is 16.5 Å². The van der Waals surface area contributed by atoms with Crippen LogP contribution in [0.4, 0.5) is 24.7 Å². The fourth-order valence-corrected chi connectivity index (χ4v) is 3.01. The van der Waals surface area contributed by atoms with E-state index < -0.39 is 17.3 Å². The number of piperazine rings is 1. The number of amides is 1. The van der Waals surface area contributed by atoms with E-state index in [0.29, 0.717) is 30.2 Å². The van der Waals surface area contributed by atoms with E-state index in [0.717, 1.165) is 12.1 Å². The molecule has 0 radical (unpaired) electrons. The number of carbonyl (C=O) groups excluding carboxylic acids is 1. The van der Waals surface area contributed by atoms with Crippen molar-refractivity contribution in [3.8, 4) is 11.5 Å². The molecule has 1 fully saturated rings. The van der Waals surface area contributed by atoms with E-state index in [1.165, 1.54) is 18.3 Å². The third kappa shape index (κ3) is 3.71. The summed E-state index contributed by atoms with van der Waals surface area (Å²) in [6, 6.07) is 7.89. The molecule has 1 aromatic carbocycles. The van der Waals surface area contributed by atoms with Crippen LogP contribution < -0.4 is 16.0 Å². The van der Waals surface area contributed by atoms with E-state index in [2.05, 4.69) is 31.1 Å². The molecule has 30 heavy (non-hydrogen) atoms. The molecule has 3 N–H and O–H groups in total. The van der Waals surface area contributed by atoms with Gasteiger partial charge in [-0.2, -0.15) is 13.2 Å². The lowest BCUT2D eigenvalue weighted by Gasteiger charge is -2.30. The summed E-state index contributed by atoms with van der Waals surface area (Å²) in [5, 5.41) is 16.8. The topological polar surface area (TPSA) is 105 Å². The molecule has 1 amide bonds. The number of benzene rings is 1. The van der Waals surface area contributed by atoms with Gasteiger partial charge in [0.05, 0.1) is 11.1 Å². The van der Waals surface area contributed by atoms with Crippen molar-refractivity contribution in [2.75, 3.05) is 18.4 Å². The lowest BCUT2D eigenvalue weighted by atomic mass is 9.99. The first kappa shape index (κ1) is 19.8. The molecule has 1 unspecified atom stereocenters. The maximum atomic E-state index is 12.8. The Labute approximate surface area is 168 Å². The normalized spacial score (nSPS) is 19.4. The van der Waals surface area contributed by atoms with Crippen LogP contribution in [0, 0.1) is 0 Å². The predicted molar refractivity (Wildman–Crippen MR) is 101 cm³/mol. The van der Waals surface area contributed by atoms with Gasteiger partial charge < -0.3 is 15.1 Å². The molecule has 156 valence electrons. The van der Waals surface area contributed by atoms with Gasteiger partial charge in [0.2, 0.25) is 11.8 Å². The molecule has 1 aliphatic heterocycles. The van der Waals surface area contributed by atoms with Crippen LogP contribution in [-0.4, -0.2) is 34.2 Å². The summed E-state index contributed by atoms with van der Waals surface area (Å²) in [4.78, 5) is 16.5. The second kappa shape index (κ2) is 7.41. The average molecular weight is 418 g/mol. The van der Waals surface area contributed by atoms with Gasteiger partial charge in [0, 0.05) is 25.0 Å². The fraction of sp³-hybridized carbons (Fsp3) is 0.263. The van der Waals surface area contributed by atoms with Crippen molar-refractivity contribution in [2.45, 2.75) is 18.6 Å². The number of carbonyl (C=O) groups is 1. The van der Waals surface area contributed by atoms with Gasteiger partial charge in [-0.15, -0.1) is 10.2 Å². The Hall–Kier alpha value is -3.47. The van der Waals surface area contributed by atoms with Crippen LogP contribution in [0.3, 0.4) is 0 Å². The molecule has 0 spiro atoms. The maximum Gasteiger partial charge on any atom is 0.416 e. The van der Waals surface area contributed by atoms with Crippen molar-refractivity contribution >= 4 is 17.4 Å². The Bertz CT molecular complexity index is 1070. The Morgan fingerprint density at radius 1 is 1.13 bits per heavy atom. The lowest BCUT2D eigenvalue weighted by molar-refractivity contribution is -0.137. The molecule has 2 aromatic heterocycles. The SMILES string of the molecule is CC1(c2nnc(-c3cccnc3Nc3ccc(C(F)(F)F)cc3)o2)NCCNC1=O. The second-order valence-corrected chi connectivity index (χ2v) is 6.82. The molecule has 3 heterocycles. The molecule has 3 aromatic rings. The lowest BCUT2D eigenvalue weighted by Crippen LogP contribution is -2.59. The van der Waals surface area contributed by atoms with E-state index in [-0.39, 0.29) is 17.7 Å². The molecule has 11 heteroatoms. The number of alkyl halides is 3. The molecule has 1 atom stereocenters. The number of pyridine rings is 1. The van der Waals surface area contributed by atoms with Gasteiger partial charge in [0.1, 0.15) is 5.82 Å². The largest absolute Gasteiger partial charge is 0.418 e. The number of anilines is 2. The van der Waals surface area contributed by atoms with Gasteiger partial charge in [-0.05, 0) is 43.3 Å². The first-order valence-electron chi connectivity index (χ1n) is 9.04. The molecular formula is C19H17F3N6O2. The highest BCUT2D eigenvalue weighted by Crippen LogP contribution is 2.32. The summed E-state index contributed by atoms with van der Waals surface area (Å²) < 4.78 is 44.0. The Morgan fingerprint density at radius 3 is 2.60 bits per heavy atom. The molecular weight excluding hydrogens is 401 g/mol. The Balaban J connectivity index is 1.61. The smallest absolute Gasteiger partial charge is 0.416 e. The molecule has 1 saturated heterocycles. The van der Waals surface area contributed by atoms with Crippen LogP contribution in [0.15, 0.2) is 47.0 Å². The summed E-state index contributed by atoms with van der Waals surface area (Å²) in [5.41, 5.74) is -1.06. The first-order chi connectivity index (χ1) is 14.3. The number of aromatic nitrogens is 3. The van der Waals surface area contributed by atoms with Crippen molar-refractivity contribution in [3.63, 3.8) is 0 Å². The zero-order valence-corrected chi connectivity index (χ0v) is 15.7. The van der Waals surface area contributed by atoms with Gasteiger partial charge >= 0.3 is 6.18 Å². The summed E-state index contributed by atoms with van der Waals surface area (Å²) in [6.45, 7) is 2.69.